The third-order valence-electron chi connectivity index (χ3n) is 2.83. The van der Waals surface area contributed by atoms with Gasteiger partial charge in [-0.05, 0) is 12.8 Å². The van der Waals surface area contributed by atoms with Gasteiger partial charge in [-0.15, -0.1) is 0 Å². The molecule has 1 saturated carbocycles. The Morgan fingerprint density at radius 2 is 2.20 bits per heavy atom. The third-order valence-corrected chi connectivity index (χ3v) is 2.83. The first-order chi connectivity index (χ1) is 7.20. The fourth-order valence-corrected chi connectivity index (χ4v) is 1.95. The van der Waals surface area contributed by atoms with Crippen LogP contribution in [0.2, 0.25) is 0 Å². The van der Waals surface area contributed by atoms with Gasteiger partial charge in [0.05, 0.1) is 19.1 Å². The molecule has 82 valence electrons. The Morgan fingerprint density at radius 3 is 2.80 bits per heavy atom. The zero-order valence-corrected chi connectivity index (χ0v) is 8.86. The van der Waals surface area contributed by atoms with Crippen LogP contribution in [-0.2, 0) is 14.3 Å². The summed E-state index contributed by atoms with van der Waals surface area (Å²) in [4.78, 5) is 23.0. The molecule has 2 atom stereocenters. The smallest absolute Gasteiger partial charge is 0.310 e. The number of carbonyl (C=O) groups is 2. The van der Waals surface area contributed by atoms with E-state index in [0.29, 0.717) is 12.8 Å². The van der Waals surface area contributed by atoms with Gasteiger partial charge in [0.15, 0.2) is 5.78 Å². The molecule has 0 N–H and O–H groups in total. The normalized spacial score (nSPS) is 27.3. The minimum absolute atomic E-state index is 0.118. The number of hydrogen-bond donors (Lipinski definition) is 0. The van der Waals surface area contributed by atoms with E-state index in [1.165, 1.54) is 7.11 Å². The molecular weight excluding hydrogens is 194 g/mol. The fraction of sp³-hybridized carbons (Fsp3) is 0.727. The molecule has 0 aliphatic heterocycles. The molecule has 4 heteroatoms. The molecule has 0 aromatic carbocycles. The van der Waals surface area contributed by atoms with Crippen LogP contribution in [0.4, 0.5) is 0 Å². The van der Waals surface area contributed by atoms with E-state index in [-0.39, 0.29) is 5.78 Å². The molecule has 0 radical (unpaired) electrons. The van der Waals surface area contributed by atoms with Crippen LogP contribution in [0, 0.1) is 23.2 Å². The summed E-state index contributed by atoms with van der Waals surface area (Å²) in [6.45, 7) is 0. The Balaban J connectivity index is 2.82. The van der Waals surface area contributed by atoms with Crippen LogP contribution in [0.1, 0.15) is 32.1 Å². The zero-order chi connectivity index (χ0) is 11.3. The van der Waals surface area contributed by atoms with Gasteiger partial charge in [-0.1, -0.05) is 12.8 Å². The number of carbonyl (C=O) groups excluding carboxylic acids is 2. The quantitative estimate of drug-likeness (QED) is 0.613. The molecule has 1 aliphatic carbocycles. The van der Waals surface area contributed by atoms with E-state index < -0.39 is 17.8 Å². The van der Waals surface area contributed by atoms with Crippen LogP contribution in [0.3, 0.4) is 0 Å². The number of esters is 1. The standard InChI is InChI=1S/C11H15NO3/c1-15-11(14)8-5-3-2-4-6-10(13)9(8)7-12/h8-9H,2-6H2,1H3. The predicted octanol–water partition coefficient (Wildman–Crippen LogP) is 1.45. The first-order valence-corrected chi connectivity index (χ1v) is 5.21. The van der Waals surface area contributed by atoms with Crippen molar-refractivity contribution in [1.29, 1.82) is 5.26 Å². The lowest BCUT2D eigenvalue weighted by atomic mass is 9.82. The lowest BCUT2D eigenvalue weighted by Crippen LogP contribution is -2.31. The van der Waals surface area contributed by atoms with Crippen molar-refractivity contribution >= 4 is 11.8 Å². The molecule has 1 rings (SSSR count). The van der Waals surface area contributed by atoms with Crippen molar-refractivity contribution in [2.24, 2.45) is 11.8 Å². The van der Waals surface area contributed by atoms with Gasteiger partial charge >= 0.3 is 5.97 Å². The fourth-order valence-electron chi connectivity index (χ4n) is 1.95. The van der Waals surface area contributed by atoms with Gasteiger partial charge in [0, 0.05) is 6.42 Å². The molecule has 1 aliphatic rings. The Labute approximate surface area is 89.2 Å². The van der Waals surface area contributed by atoms with Gasteiger partial charge in [0.1, 0.15) is 5.92 Å². The van der Waals surface area contributed by atoms with Crippen LogP contribution >= 0.6 is 0 Å². The molecule has 0 aromatic heterocycles. The van der Waals surface area contributed by atoms with Crippen molar-refractivity contribution in [3.63, 3.8) is 0 Å². The molecular formula is C11H15NO3. The Hall–Kier alpha value is -1.37. The van der Waals surface area contributed by atoms with Crippen molar-refractivity contribution in [3.05, 3.63) is 0 Å². The lowest BCUT2D eigenvalue weighted by molar-refractivity contribution is -0.149. The van der Waals surface area contributed by atoms with Gasteiger partial charge in [0.25, 0.3) is 0 Å². The van der Waals surface area contributed by atoms with Gasteiger partial charge < -0.3 is 4.74 Å². The van der Waals surface area contributed by atoms with Gasteiger partial charge in [-0.2, -0.15) is 5.26 Å². The highest BCUT2D eigenvalue weighted by molar-refractivity contribution is 5.88. The highest BCUT2D eigenvalue weighted by atomic mass is 16.5. The summed E-state index contributed by atoms with van der Waals surface area (Å²) in [6.07, 6.45) is 3.63. The van der Waals surface area contributed by atoms with Crippen molar-refractivity contribution in [2.45, 2.75) is 32.1 Å². The van der Waals surface area contributed by atoms with Gasteiger partial charge in [-0.3, -0.25) is 9.59 Å². The average Bonchev–Trinajstić information content (AvgIpc) is 2.23. The molecule has 4 nitrogen and oxygen atoms in total. The molecule has 2 unspecified atom stereocenters. The Morgan fingerprint density at radius 1 is 1.47 bits per heavy atom. The summed E-state index contributed by atoms with van der Waals surface area (Å²) in [5.74, 6) is -1.92. The lowest BCUT2D eigenvalue weighted by Gasteiger charge is -2.21. The number of rotatable bonds is 1. The zero-order valence-electron chi connectivity index (χ0n) is 8.86. The maximum absolute atomic E-state index is 11.6. The molecule has 0 aromatic rings. The summed E-state index contributed by atoms with van der Waals surface area (Å²) in [5, 5.41) is 8.91. The maximum atomic E-state index is 11.6. The van der Waals surface area contributed by atoms with Crippen LogP contribution in [0.25, 0.3) is 0 Å². The SMILES string of the molecule is COC(=O)C1CCCCCC(=O)C1C#N. The molecule has 0 saturated heterocycles. The molecule has 0 spiro atoms. The maximum Gasteiger partial charge on any atom is 0.310 e. The van der Waals surface area contributed by atoms with E-state index in [9.17, 15) is 9.59 Å². The largest absolute Gasteiger partial charge is 0.469 e. The van der Waals surface area contributed by atoms with E-state index in [1.807, 2.05) is 6.07 Å². The molecule has 0 bridgehead atoms. The first kappa shape index (κ1) is 11.7. The van der Waals surface area contributed by atoms with Crippen LogP contribution in [0.5, 0.6) is 0 Å². The van der Waals surface area contributed by atoms with Crippen molar-refractivity contribution in [1.82, 2.24) is 0 Å². The van der Waals surface area contributed by atoms with E-state index in [0.717, 1.165) is 19.3 Å². The van der Waals surface area contributed by atoms with Crippen molar-refractivity contribution in [3.8, 4) is 6.07 Å². The number of nitrogens with zero attached hydrogens (tertiary/aromatic N) is 1. The van der Waals surface area contributed by atoms with E-state index >= 15 is 0 Å². The molecule has 1 fully saturated rings. The number of hydrogen-bond acceptors (Lipinski definition) is 4. The molecule has 0 amide bonds. The predicted molar refractivity (Wildman–Crippen MR) is 52.7 cm³/mol. The minimum atomic E-state index is -0.808. The second-order valence-corrected chi connectivity index (χ2v) is 3.80. The van der Waals surface area contributed by atoms with Crippen molar-refractivity contribution in [2.75, 3.05) is 7.11 Å². The number of methoxy groups -OCH3 is 1. The topological polar surface area (TPSA) is 67.2 Å². The number of ether oxygens (including phenoxy) is 1. The van der Waals surface area contributed by atoms with Crippen molar-refractivity contribution < 1.29 is 14.3 Å². The first-order valence-electron chi connectivity index (χ1n) is 5.21. The number of ketones is 1. The summed E-state index contributed by atoms with van der Waals surface area (Å²) in [6, 6.07) is 1.94. The van der Waals surface area contributed by atoms with E-state index in [1.54, 1.807) is 0 Å². The summed E-state index contributed by atoms with van der Waals surface area (Å²) >= 11 is 0. The number of Topliss-reactive ketones (excluding diaryl/α,β-unsaturated/α-hetero) is 1. The van der Waals surface area contributed by atoms with Gasteiger partial charge in [-0.25, -0.2) is 0 Å². The third kappa shape index (κ3) is 2.79. The van der Waals surface area contributed by atoms with Crippen LogP contribution < -0.4 is 0 Å². The highest BCUT2D eigenvalue weighted by Crippen LogP contribution is 2.26. The van der Waals surface area contributed by atoms with Crippen LogP contribution in [-0.4, -0.2) is 18.9 Å². The molecule has 0 heterocycles. The Kier molecular flexibility index (Phi) is 4.29. The Bertz CT molecular complexity index is 293. The van der Waals surface area contributed by atoms with Gasteiger partial charge in [0.2, 0.25) is 0 Å². The average molecular weight is 209 g/mol. The van der Waals surface area contributed by atoms with E-state index in [2.05, 4.69) is 4.74 Å². The summed E-state index contributed by atoms with van der Waals surface area (Å²) in [5.41, 5.74) is 0. The van der Waals surface area contributed by atoms with E-state index in [4.69, 9.17) is 5.26 Å². The monoisotopic (exact) mass is 209 g/mol. The molecule has 15 heavy (non-hydrogen) atoms. The summed E-state index contributed by atoms with van der Waals surface area (Å²) in [7, 11) is 1.29. The highest BCUT2D eigenvalue weighted by Gasteiger charge is 2.34. The van der Waals surface area contributed by atoms with Crippen LogP contribution in [0.15, 0.2) is 0 Å². The second kappa shape index (κ2) is 5.50. The number of nitriles is 1. The minimum Gasteiger partial charge on any atom is -0.469 e. The summed E-state index contributed by atoms with van der Waals surface area (Å²) < 4.78 is 4.62. The second-order valence-electron chi connectivity index (χ2n) is 3.80.